The monoisotopic (exact) mass is 353 g/mol. The number of aromatic nitrogens is 4. The summed E-state index contributed by atoms with van der Waals surface area (Å²) in [5, 5.41) is 2.31. The molecule has 3 aromatic heterocycles. The van der Waals surface area contributed by atoms with Crippen molar-refractivity contribution in [3.63, 3.8) is 0 Å². The van der Waals surface area contributed by atoms with E-state index in [-0.39, 0.29) is 0 Å². The maximum atomic E-state index is 5.88. The molecule has 3 heterocycles. The molecular formula is C22H17N4O. The topological polar surface area (TPSA) is 44.9 Å². The van der Waals surface area contributed by atoms with Crippen LogP contribution in [-0.4, -0.2) is 19.1 Å². The summed E-state index contributed by atoms with van der Waals surface area (Å²) in [5.74, 6) is 1.19. The summed E-state index contributed by atoms with van der Waals surface area (Å²) in [7, 11) is 4.00. The Morgan fingerprint density at radius 3 is 2.59 bits per heavy atom. The molecule has 0 atom stereocenters. The second kappa shape index (κ2) is 5.99. The summed E-state index contributed by atoms with van der Waals surface area (Å²) in [6.07, 6.45) is 6.55. The minimum Gasteiger partial charge on any atom is -0.437 e. The summed E-state index contributed by atoms with van der Waals surface area (Å²) in [4.78, 5) is 8.99. The molecule has 2 aromatic carbocycles. The lowest BCUT2D eigenvalue weighted by Crippen LogP contribution is -1.95. The fraction of sp³-hybridized carbons (Fsp3) is 0.0909. The molecule has 5 rings (SSSR count). The van der Waals surface area contributed by atoms with Gasteiger partial charge in [-0.05, 0) is 30.3 Å². The number of aryl methyl sites for hydroxylation is 2. The molecule has 0 aliphatic rings. The van der Waals surface area contributed by atoms with E-state index in [0.717, 1.165) is 28.0 Å². The van der Waals surface area contributed by atoms with E-state index in [4.69, 9.17) is 4.74 Å². The molecule has 131 valence electrons. The SMILES string of the molecule is Cn1[c]cc2ccc(Oc3cnc(-c4cc5ccccc5n4C)cn3)cc21. The smallest absolute Gasteiger partial charge is 0.237 e. The predicted octanol–water partition coefficient (Wildman–Crippen LogP) is 4.72. The van der Waals surface area contributed by atoms with Crippen LogP contribution in [0.4, 0.5) is 0 Å². The maximum absolute atomic E-state index is 5.88. The lowest BCUT2D eigenvalue weighted by atomic mass is 10.2. The van der Waals surface area contributed by atoms with E-state index in [1.165, 1.54) is 10.9 Å². The molecule has 0 spiro atoms. The lowest BCUT2D eigenvalue weighted by molar-refractivity contribution is 0.461. The Kier molecular flexibility index (Phi) is 3.47. The number of fused-ring (bicyclic) bond motifs is 2. The Labute approximate surface area is 156 Å². The third-order valence-corrected chi connectivity index (χ3v) is 4.84. The van der Waals surface area contributed by atoms with Gasteiger partial charge in [-0.25, -0.2) is 9.97 Å². The quantitative estimate of drug-likeness (QED) is 0.471. The Morgan fingerprint density at radius 1 is 0.889 bits per heavy atom. The Hall–Kier alpha value is -3.60. The highest BCUT2D eigenvalue weighted by molar-refractivity contribution is 5.86. The van der Waals surface area contributed by atoms with E-state index >= 15 is 0 Å². The fourth-order valence-corrected chi connectivity index (χ4v) is 3.39. The Morgan fingerprint density at radius 2 is 1.78 bits per heavy atom. The molecule has 5 nitrogen and oxygen atoms in total. The average Bonchev–Trinajstić information content (AvgIpc) is 3.23. The number of hydrogen-bond acceptors (Lipinski definition) is 3. The van der Waals surface area contributed by atoms with Crippen LogP contribution in [0.1, 0.15) is 0 Å². The summed E-state index contributed by atoms with van der Waals surface area (Å²) in [5.41, 5.74) is 4.07. The number of para-hydroxylation sites is 1. The molecule has 5 heteroatoms. The van der Waals surface area contributed by atoms with Crippen molar-refractivity contribution in [3.05, 3.63) is 73.2 Å². The van der Waals surface area contributed by atoms with Gasteiger partial charge >= 0.3 is 0 Å². The number of ether oxygens (including phenoxy) is 1. The first-order valence-electron chi connectivity index (χ1n) is 8.71. The minimum atomic E-state index is 0.468. The van der Waals surface area contributed by atoms with Gasteiger partial charge in [0.25, 0.3) is 0 Å². The van der Waals surface area contributed by atoms with Crippen LogP contribution in [0.25, 0.3) is 33.2 Å². The zero-order chi connectivity index (χ0) is 18.4. The van der Waals surface area contributed by atoms with Gasteiger partial charge in [0.1, 0.15) is 11.4 Å². The van der Waals surface area contributed by atoms with E-state index in [0.29, 0.717) is 5.88 Å². The Bertz CT molecular complexity index is 1260. The van der Waals surface area contributed by atoms with E-state index in [1.54, 1.807) is 12.4 Å². The minimum absolute atomic E-state index is 0.468. The van der Waals surface area contributed by atoms with Crippen LogP contribution < -0.4 is 4.74 Å². The van der Waals surface area contributed by atoms with Gasteiger partial charge in [0.05, 0.1) is 29.8 Å². The van der Waals surface area contributed by atoms with Gasteiger partial charge in [-0.2, -0.15) is 0 Å². The van der Waals surface area contributed by atoms with Gasteiger partial charge in [-0.15, -0.1) is 0 Å². The molecule has 0 saturated heterocycles. The zero-order valence-corrected chi connectivity index (χ0v) is 15.0. The molecular weight excluding hydrogens is 336 g/mol. The van der Waals surface area contributed by atoms with E-state index in [2.05, 4.69) is 38.9 Å². The summed E-state index contributed by atoms with van der Waals surface area (Å²) >= 11 is 0. The fourth-order valence-electron chi connectivity index (χ4n) is 3.39. The molecule has 0 unspecified atom stereocenters. The summed E-state index contributed by atoms with van der Waals surface area (Å²) in [6.45, 7) is 0. The highest BCUT2D eigenvalue weighted by Gasteiger charge is 2.10. The largest absolute Gasteiger partial charge is 0.437 e. The average molecular weight is 353 g/mol. The molecule has 27 heavy (non-hydrogen) atoms. The van der Waals surface area contributed by atoms with Crippen LogP contribution in [-0.2, 0) is 14.1 Å². The Balaban J connectivity index is 1.45. The molecule has 0 bridgehead atoms. The van der Waals surface area contributed by atoms with Crippen molar-refractivity contribution < 1.29 is 4.74 Å². The maximum Gasteiger partial charge on any atom is 0.237 e. The predicted molar refractivity (Wildman–Crippen MR) is 106 cm³/mol. The van der Waals surface area contributed by atoms with E-state index in [1.807, 2.05) is 55.1 Å². The number of hydrogen-bond donors (Lipinski definition) is 0. The molecule has 5 aromatic rings. The first-order valence-corrected chi connectivity index (χ1v) is 8.71. The summed E-state index contributed by atoms with van der Waals surface area (Å²) < 4.78 is 9.95. The highest BCUT2D eigenvalue weighted by Crippen LogP contribution is 2.28. The molecule has 0 aliphatic heterocycles. The van der Waals surface area contributed by atoms with E-state index in [9.17, 15) is 0 Å². The van der Waals surface area contributed by atoms with Crippen molar-refractivity contribution in [1.82, 2.24) is 19.1 Å². The number of benzene rings is 2. The number of nitrogens with zero attached hydrogens (tertiary/aromatic N) is 4. The molecule has 0 aliphatic carbocycles. The molecule has 0 amide bonds. The summed E-state index contributed by atoms with van der Waals surface area (Å²) in [6, 6.07) is 18.3. The van der Waals surface area contributed by atoms with Gasteiger partial charge in [-0.3, -0.25) is 0 Å². The molecule has 1 radical (unpaired) electrons. The van der Waals surface area contributed by atoms with Gasteiger partial charge in [0.15, 0.2) is 0 Å². The van der Waals surface area contributed by atoms with Crippen molar-refractivity contribution in [1.29, 1.82) is 0 Å². The van der Waals surface area contributed by atoms with Crippen molar-refractivity contribution in [2.24, 2.45) is 14.1 Å². The van der Waals surface area contributed by atoms with Gasteiger partial charge in [-0.1, -0.05) is 18.2 Å². The first kappa shape index (κ1) is 15.6. The molecule has 0 N–H and O–H groups in total. The third-order valence-electron chi connectivity index (χ3n) is 4.84. The van der Waals surface area contributed by atoms with Crippen LogP contribution in [0, 0.1) is 6.20 Å². The molecule has 0 saturated carbocycles. The third kappa shape index (κ3) is 2.64. The van der Waals surface area contributed by atoms with E-state index < -0.39 is 0 Å². The van der Waals surface area contributed by atoms with Crippen molar-refractivity contribution in [2.75, 3.05) is 0 Å². The number of rotatable bonds is 3. The van der Waals surface area contributed by atoms with Crippen molar-refractivity contribution in [3.8, 4) is 23.0 Å². The van der Waals surface area contributed by atoms with Crippen molar-refractivity contribution >= 4 is 21.8 Å². The zero-order valence-electron chi connectivity index (χ0n) is 15.0. The van der Waals surface area contributed by atoms with Crippen LogP contribution in [0.5, 0.6) is 11.6 Å². The van der Waals surface area contributed by atoms with Crippen molar-refractivity contribution in [2.45, 2.75) is 0 Å². The molecule has 0 fully saturated rings. The second-order valence-electron chi connectivity index (χ2n) is 6.54. The van der Waals surface area contributed by atoms with Crippen LogP contribution in [0.15, 0.2) is 67.0 Å². The van der Waals surface area contributed by atoms with Gasteiger partial charge in [0.2, 0.25) is 5.88 Å². The van der Waals surface area contributed by atoms with Gasteiger partial charge < -0.3 is 13.9 Å². The normalized spacial score (nSPS) is 11.3. The highest BCUT2D eigenvalue weighted by atomic mass is 16.5. The lowest BCUT2D eigenvalue weighted by Gasteiger charge is -2.07. The first-order chi connectivity index (χ1) is 13.2. The van der Waals surface area contributed by atoms with Crippen LogP contribution in [0.2, 0.25) is 0 Å². The second-order valence-corrected chi connectivity index (χ2v) is 6.54. The van der Waals surface area contributed by atoms with Crippen LogP contribution >= 0.6 is 0 Å². The standard InChI is InChI=1S/C22H17N4O/c1-25-10-9-15-7-8-17(12-20(15)25)27-22-14-23-18(13-24-22)21-11-16-5-3-4-6-19(16)26(21)2/h3-9,11-14H,1-2H3. The van der Waals surface area contributed by atoms with Crippen LogP contribution in [0.3, 0.4) is 0 Å². The van der Waals surface area contributed by atoms with Gasteiger partial charge in [0, 0.05) is 36.5 Å².